The number of carbonyl (C=O) groups is 1. The third kappa shape index (κ3) is 2.34. The Kier molecular flexibility index (Phi) is 3.28. The Bertz CT molecular complexity index is 1010. The first-order chi connectivity index (χ1) is 11.4. The van der Waals surface area contributed by atoms with Gasteiger partial charge in [0.25, 0.3) is 0 Å². The van der Waals surface area contributed by atoms with Crippen molar-refractivity contribution in [2.75, 3.05) is 0 Å². The van der Waals surface area contributed by atoms with E-state index in [1.807, 2.05) is 60.7 Å². The van der Waals surface area contributed by atoms with Gasteiger partial charge in [-0.05, 0) is 29.0 Å². The fourth-order valence-corrected chi connectivity index (χ4v) is 2.89. The normalized spacial score (nSPS) is 10.8. The van der Waals surface area contributed by atoms with Crippen molar-refractivity contribution >= 4 is 27.8 Å². The van der Waals surface area contributed by atoms with Crippen molar-refractivity contribution in [3.05, 3.63) is 84.4 Å². The summed E-state index contributed by atoms with van der Waals surface area (Å²) in [5.41, 5.74) is 0.672. The molecule has 4 aromatic carbocycles. The summed E-state index contributed by atoms with van der Waals surface area (Å²) in [7, 11) is 0. The lowest BCUT2D eigenvalue weighted by atomic mass is 10.0. The van der Waals surface area contributed by atoms with Gasteiger partial charge in [-0.25, -0.2) is 0 Å². The van der Waals surface area contributed by atoms with E-state index < -0.39 is 0 Å². The zero-order chi connectivity index (χ0) is 15.6. The molecule has 0 heterocycles. The van der Waals surface area contributed by atoms with Crippen molar-refractivity contribution in [3.8, 4) is 11.5 Å². The molecular weight excluding hydrogens is 284 g/mol. The van der Waals surface area contributed by atoms with Crippen LogP contribution in [0.1, 0.15) is 10.4 Å². The van der Waals surface area contributed by atoms with Crippen LogP contribution in [0.15, 0.2) is 78.9 Å². The highest BCUT2D eigenvalue weighted by Crippen LogP contribution is 2.34. The molecule has 0 N–H and O–H groups in total. The molecule has 0 bridgehead atoms. The molecule has 0 aliphatic rings. The third-order valence-corrected chi connectivity index (χ3v) is 4.01. The second-order valence-electron chi connectivity index (χ2n) is 5.40. The topological polar surface area (TPSA) is 26.3 Å². The highest BCUT2D eigenvalue weighted by Gasteiger charge is 2.08. The van der Waals surface area contributed by atoms with E-state index in [4.69, 9.17) is 4.74 Å². The van der Waals surface area contributed by atoms with Crippen LogP contribution < -0.4 is 4.74 Å². The SMILES string of the molecule is O=Cc1ccc(Oc2cccc3ccccc23)c2ccccc12. The largest absolute Gasteiger partial charge is 0.456 e. The fraction of sp³-hybridized carbons (Fsp3) is 0. The third-order valence-electron chi connectivity index (χ3n) is 4.01. The van der Waals surface area contributed by atoms with Gasteiger partial charge in [0.2, 0.25) is 0 Å². The highest BCUT2D eigenvalue weighted by molar-refractivity contribution is 6.01. The number of fused-ring (bicyclic) bond motifs is 2. The van der Waals surface area contributed by atoms with E-state index >= 15 is 0 Å². The van der Waals surface area contributed by atoms with Gasteiger partial charge in [-0.15, -0.1) is 0 Å². The van der Waals surface area contributed by atoms with Gasteiger partial charge in [-0.2, -0.15) is 0 Å². The molecule has 4 rings (SSSR count). The molecule has 0 atom stereocenters. The quantitative estimate of drug-likeness (QED) is 0.460. The molecule has 0 aliphatic heterocycles. The summed E-state index contributed by atoms with van der Waals surface area (Å²) < 4.78 is 6.19. The molecule has 0 spiro atoms. The Morgan fingerprint density at radius 2 is 1.26 bits per heavy atom. The van der Waals surface area contributed by atoms with E-state index in [1.165, 1.54) is 0 Å². The predicted octanol–water partition coefficient (Wildman–Crippen LogP) is 5.60. The fourth-order valence-electron chi connectivity index (χ4n) is 2.89. The maximum absolute atomic E-state index is 11.2. The number of benzene rings is 4. The van der Waals surface area contributed by atoms with Crippen LogP contribution in [0.5, 0.6) is 11.5 Å². The Balaban J connectivity index is 1.89. The molecule has 0 aliphatic carbocycles. The first kappa shape index (κ1) is 13.5. The molecular formula is C21H14O2. The van der Waals surface area contributed by atoms with Gasteiger partial charge < -0.3 is 4.74 Å². The van der Waals surface area contributed by atoms with Crippen LogP contribution in [0.2, 0.25) is 0 Å². The Labute approximate surface area is 133 Å². The van der Waals surface area contributed by atoms with Crippen LogP contribution >= 0.6 is 0 Å². The van der Waals surface area contributed by atoms with Gasteiger partial charge in [0, 0.05) is 16.3 Å². The van der Waals surface area contributed by atoms with Crippen LogP contribution in [0.4, 0.5) is 0 Å². The molecule has 2 nitrogen and oxygen atoms in total. The van der Waals surface area contributed by atoms with Crippen molar-refractivity contribution < 1.29 is 9.53 Å². The summed E-state index contributed by atoms with van der Waals surface area (Å²) in [5, 5.41) is 4.04. The van der Waals surface area contributed by atoms with Gasteiger partial charge in [-0.1, -0.05) is 60.7 Å². The molecule has 2 heteroatoms. The maximum atomic E-state index is 11.2. The first-order valence-corrected chi connectivity index (χ1v) is 7.49. The van der Waals surface area contributed by atoms with Crippen molar-refractivity contribution in [3.63, 3.8) is 0 Å². The monoisotopic (exact) mass is 298 g/mol. The van der Waals surface area contributed by atoms with Crippen molar-refractivity contribution in [1.82, 2.24) is 0 Å². The summed E-state index contributed by atoms with van der Waals surface area (Å²) in [4.78, 5) is 11.2. The van der Waals surface area contributed by atoms with Crippen LogP contribution in [0.25, 0.3) is 21.5 Å². The summed E-state index contributed by atoms with van der Waals surface area (Å²) in [6.45, 7) is 0. The van der Waals surface area contributed by atoms with Crippen LogP contribution in [-0.2, 0) is 0 Å². The molecule has 110 valence electrons. The average Bonchev–Trinajstić information content (AvgIpc) is 2.62. The van der Waals surface area contributed by atoms with Gasteiger partial charge in [0.15, 0.2) is 6.29 Å². The number of rotatable bonds is 3. The van der Waals surface area contributed by atoms with Crippen LogP contribution in [-0.4, -0.2) is 6.29 Å². The standard InChI is InChI=1S/C21H14O2/c22-14-16-12-13-21(19-10-4-3-8-17(16)19)23-20-11-5-7-15-6-1-2-9-18(15)20/h1-14H. The molecule has 0 amide bonds. The Hall–Kier alpha value is -3.13. The van der Waals surface area contributed by atoms with Crippen LogP contribution in [0.3, 0.4) is 0 Å². The van der Waals surface area contributed by atoms with E-state index in [1.54, 1.807) is 6.07 Å². The van der Waals surface area contributed by atoms with Crippen molar-refractivity contribution in [1.29, 1.82) is 0 Å². The molecule has 0 saturated carbocycles. The lowest BCUT2D eigenvalue weighted by molar-refractivity contribution is 0.112. The van der Waals surface area contributed by atoms with Gasteiger partial charge in [-0.3, -0.25) is 4.79 Å². The van der Waals surface area contributed by atoms with E-state index in [2.05, 4.69) is 12.1 Å². The number of hydrogen-bond donors (Lipinski definition) is 0. The number of hydrogen-bond acceptors (Lipinski definition) is 2. The molecule has 0 radical (unpaired) electrons. The second kappa shape index (κ2) is 5.58. The second-order valence-corrected chi connectivity index (χ2v) is 5.40. The van der Waals surface area contributed by atoms with E-state index in [-0.39, 0.29) is 0 Å². The van der Waals surface area contributed by atoms with E-state index in [9.17, 15) is 4.79 Å². The zero-order valence-electron chi connectivity index (χ0n) is 12.4. The average molecular weight is 298 g/mol. The number of carbonyl (C=O) groups excluding carboxylic acids is 1. The van der Waals surface area contributed by atoms with E-state index in [0.717, 1.165) is 39.3 Å². The smallest absolute Gasteiger partial charge is 0.150 e. The summed E-state index contributed by atoms with van der Waals surface area (Å²) in [5.74, 6) is 1.56. The number of ether oxygens (including phenoxy) is 1. The predicted molar refractivity (Wildman–Crippen MR) is 93.4 cm³/mol. The first-order valence-electron chi connectivity index (χ1n) is 7.49. The van der Waals surface area contributed by atoms with Gasteiger partial charge in [0.1, 0.15) is 11.5 Å². The lowest BCUT2D eigenvalue weighted by Gasteiger charge is -2.12. The summed E-state index contributed by atoms with van der Waals surface area (Å²) >= 11 is 0. The Morgan fingerprint density at radius 1 is 0.609 bits per heavy atom. The minimum absolute atomic E-state index is 0.672. The number of aldehydes is 1. The molecule has 0 fully saturated rings. The minimum Gasteiger partial charge on any atom is -0.456 e. The summed E-state index contributed by atoms with van der Waals surface area (Å²) in [6, 6.07) is 25.6. The van der Waals surface area contributed by atoms with Crippen LogP contribution in [0, 0.1) is 0 Å². The molecule has 23 heavy (non-hydrogen) atoms. The maximum Gasteiger partial charge on any atom is 0.150 e. The van der Waals surface area contributed by atoms with Gasteiger partial charge >= 0.3 is 0 Å². The zero-order valence-corrected chi connectivity index (χ0v) is 12.4. The minimum atomic E-state index is 0.672. The molecule has 4 aromatic rings. The Morgan fingerprint density at radius 3 is 2.09 bits per heavy atom. The summed E-state index contributed by atoms with van der Waals surface area (Å²) in [6.07, 6.45) is 0.879. The molecule has 0 unspecified atom stereocenters. The van der Waals surface area contributed by atoms with Crippen molar-refractivity contribution in [2.45, 2.75) is 0 Å². The molecule has 0 saturated heterocycles. The van der Waals surface area contributed by atoms with Crippen molar-refractivity contribution in [2.24, 2.45) is 0 Å². The molecule has 0 aromatic heterocycles. The van der Waals surface area contributed by atoms with Gasteiger partial charge in [0.05, 0.1) is 0 Å². The van der Waals surface area contributed by atoms with E-state index in [0.29, 0.717) is 5.56 Å². The highest BCUT2D eigenvalue weighted by atomic mass is 16.5. The lowest BCUT2D eigenvalue weighted by Crippen LogP contribution is -1.90.